The fourth-order valence-electron chi connectivity index (χ4n) is 13.5. The highest BCUT2D eigenvalue weighted by Crippen LogP contribution is 2.48. The van der Waals surface area contributed by atoms with E-state index < -0.39 is 64.6 Å². The fraction of sp³-hybridized carbons (Fsp3) is 0.438. The van der Waals surface area contributed by atoms with E-state index in [1.54, 1.807) is 40.9 Å². The highest BCUT2D eigenvalue weighted by Gasteiger charge is 2.50. The molecule has 536 valence electrons. The maximum Gasteiger partial charge on any atom is 0.416 e. The van der Waals surface area contributed by atoms with E-state index >= 15 is 0 Å². The van der Waals surface area contributed by atoms with E-state index in [1.165, 1.54) is 24.3 Å². The van der Waals surface area contributed by atoms with E-state index in [0.29, 0.717) is 107 Å². The largest absolute Gasteiger partial charge is 0.446 e. The summed E-state index contributed by atoms with van der Waals surface area (Å²) < 4.78 is 116. The first kappa shape index (κ1) is 78.8. The van der Waals surface area contributed by atoms with Gasteiger partial charge in [0, 0.05) is 108 Å². The molecule has 99 heavy (non-hydrogen) atoms. The molecule has 2 atom stereocenters. The molecule has 1 aliphatic carbocycles. The van der Waals surface area contributed by atoms with Crippen molar-refractivity contribution in [2.75, 3.05) is 117 Å². The lowest BCUT2D eigenvalue weighted by atomic mass is 9.72. The highest BCUT2D eigenvalue weighted by molar-refractivity contribution is 5.95. The van der Waals surface area contributed by atoms with E-state index in [9.17, 15) is 54.7 Å². The highest BCUT2D eigenvalue weighted by atomic mass is 35.5. The fourth-order valence-corrected chi connectivity index (χ4v) is 13.5. The van der Waals surface area contributed by atoms with Crippen LogP contribution in [0.3, 0.4) is 0 Å². The van der Waals surface area contributed by atoms with Crippen LogP contribution in [0.4, 0.5) is 46.9 Å². The van der Waals surface area contributed by atoms with Gasteiger partial charge >= 0.3 is 18.4 Å². The molecule has 3 aliphatic heterocycles. The first-order valence-electron chi connectivity index (χ1n) is 32.8. The topological polar surface area (TPSA) is 157 Å². The number of hydrogen-bond donors (Lipinski definition) is 2. The third kappa shape index (κ3) is 20.2. The number of nitrogens with zero attached hydrogens (tertiary/aromatic N) is 6. The Morgan fingerprint density at radius 2 is 1.26 bits per heavy atom. The summed E-state index contributed by atoms with van der Waals surface area (Å²) in [5.74, 6) is -1.86. The summed E-state index contributed by atoms with van der Waals surface area (Å²) in [5, 5.41) is 6.32. The summed E-state index contributed by atoms with van der Waals surface area (Å²) in [5.41, 5.74) is 1.13. The van der Waals surface area contributed by atoms with Crippen LogP contribution in [-0.4, -0.2) is 178 Å². The van der Waals surface area contributed by atoms with Crippen molar-refractivity contribution in [3.63, 3.8) is 0 Å². The molecule has 0 unspecified atom stereocenters. The predicted octanol–water partition coefficient (Wildman–Crippen LogP) is 13.9. The van der Waals surface area contributed by atoms with Gasteiger partial charge in [-0.1, -0.05) is 84.9 Å². The summed E-state index contributed by atoms with van der Waals surface area (Å²) in [6, 6.07) is 39.2. The Morgan fingerprint density at radius 3 is 1.94 bits per heavy atom. The molecule has 5 amide bonds. The Balaban J connectivity index is 0.00000459. The molecule has 6 aromatic rings. The van der Waals surface area contributed by atoms with Gasteiger partial charge in [0.05, 0.1) is 29.5 Å². The summed E-state index contributed by atoms with van der Waals surface area (Å²) in [7, 11) is 5.28. The number of halogens is 10. The smallest absolute Gasteiger partial charge is 0.416 e. The number of carbonyl (C=O) groups excluding carboxylic acids is 5. The molecular formula is C73H86Cl3F7N8O8. The molecule has 3 saturated heterocycles. The van der Waals surface area contributed by atoms with Gasteiger partial charge in [-0.3, -0.25) is 24.5 Å². The lowest BCUT2D eigenvalue weighted by Gasteiger charge is -2.44. The van der Waals surface area contributed by atoms with Crippen LogP contribution in [0.5, 0.6) is 0 Å². The number of fused-ring (bicyclic) bond motifs is 2. The van der Waals surface area contributed by atoms with Crippen molar-refractivity contribution in [2.24, 2.45) is 0 Å². The third-order valence-corrected chi connectivity index (χ3v) is 19.3. The van der Waals surface area contributed by atoms with Gasteiger partial charge in [0.15, 0.2) is 0 Å². The number of likely N-dealkylation sites (N-methyl/N-ethyl adjacent to an activating group) is 2. The van der Waals surface area contributed by atoms with E-state index in [0.717, 1.165) is 78.2 Å². The number of ether oxygens (including phenoxy) is 3. The SMILES string of the molecule is CN(CCN1CCC(OC(=O)Nc2ccccc2-c2ccccc2)CC1)C(=O)CCCCNc1ccc(C(=O)N(C)CCCN(C)C(=O)CO[C@H]2Cc3ccccc3C23CCN(CC[C@@]2(c4ccc(F)cc4)CN(C(=O)c4cc(C(F)(F)F)cc(C(F)(F)F)c4)CO2)CC3)cc1.Cl.Cl.Cl. The number of piperidine rings is 2. The average Bonchev–Trinajstić information content (AvgIpc) is 1.61. The normalized spacial score (nSPS) is 17.7. The summed E-state index contributed by atoms with van der Waals surface area (Å²) in [4.78, 5) is 77.4. The molecule has 10 rings (SSSR count). The number of nitrogens with one attached hydrogen (secondary N) is 2. The minimum atomic E-state index is -5.15. The lowest BCUT2D eigenvalue weighted by molar-refractivity contribution is -0.143. The first-order valence-corrected chi connectivity index (χ1v) is 32.8. The van der Waals surface area contributed by atoms with Gasteiger partial charge in [-0.15, -0.1) is 37.2 Å². The van der Waals surface area contributed by atoms with E-state index in [1.807, 2.05) is 85.9 Å². The van der Waals surface area contributed by atoms with Crippen LogP contribution in [0.15, 0.2) is 146 Å². The van der Waals surface area contributed by atoms with Crippen LogP contribution in [0.1, 0.15) is 106 Å². The van der Waals surface area contributed by atoms with Crippen LogP contribution >= 0.6 is 37.2 Å². The number of anilines is 2. The molecule has 4 aliphatic rings. The van der Waals surface area contributed by atoms with E-state index in [-0.39, 0.29) is 92.8 Å². The van der Waals surface area contributed by atoms with Crippen molar-refractivity contribution in [2.45, 2.75) is 99.8 Å². The van der Waals surface area contributed by atoms with Crippen LogP contribution in [-0.2, 0) is 53.6 Å². The zero-order valence-corrected chi connectivity index (χ0v) is 58.0. The van der Waals surface area contributed by atoms with Crippen LogP contribution < -0.4 is 10.6 Å². The van der Waals surface area contributed by atoms with Gasteiger partial charge in [-0.25, -0.2) is 9.18 Å². The van der Waals surface area contributed by atoms with Crippen molar-refractivity contribution in [1.29, 1.82) is 0 Å². The van der Waals surface area contributed by atoms with Crippen LogP contribution in [0, 0.1) is 5.82 Å². The third-order valence-electron chi connectivity index (χ3n) is 19.3. The van der Waals surface area contributed by atoms with Gasteiger partial charge in [-0.2, -0.15) is 26.3 Å². The van der Waals surface area contributed by atoms with Crippen molar-refractivity contribution in [1.82, 2.24) is 29.4 Å². The molecule has 16 nitrogen and oxygen atoms in total. The average molecular weight is 1440 g/mol. The monoisotopic (exact) mass is 1440 g/mol. The molecule has 3 fully saturated rings. The number of likely N-dealkylation sites (tertiary alicyclic amines) is 2. The Bertz CT molecular complexity index is 3630. The second-order valence-corrected chi connectivity index (χ2v) is 25.6. The number of rotatable bonds is 25. The van der Waals surface area contributed by atoms with Gasteiger partial charge < -0.3 is 48.9 Å². The number of hydrogen-bond acceptors (Lipinski definition) is 11. The first-order chi connectivity index (χ1) is 46.0. The molecule has 6 aromatic carbocycles. The molecule has 2 N–H and O–H groups in total. The number of alkyl halides is 6. The quantitative estimate of drug-likeness (QED) is 0.0415. The number of benzene rings is 6. The second-order valence-electron chi connectivity index (χ2n) is 25.6. The number of para-hydroxylation sites is 1. The molecule has 0 bridgehead atoms. The zero-order chi connectivity index (χ0) is 68.2. The van der Waals surface area contributed by atoms with Crippen molar-refractivity contribution >= 4 is 78.3 Å². The predicted molar refractivity (Wildman–Crippen MR) is 372 cm³/mol. The Hall–Kier alpha value is -7.51. The molecular weight excluding hydrogens is 1360 g/mol. The minimum absolute atomic E-state index is 0. The molecule has 26 heteroatoms. The van der Waals surface area contributed by atoms with Gasteiger partial charge in [0.1, 0.15) is 30.9 Å². The zero-order valence-electron chi connectivity index (χ0n) is 55.6. The maximum atomic E-state index is 14.2. The summed E-state index contributed by atoms with van der Waals surface area (Å²) >= 11 is 0. The second kappa shape index (κ2) is 35.2. The Morgan fingerprint density at radius 1 is 0.646 bits per heavy atom. The molecule has 1 spiro atoms. The van der Waals surface area contributed by atoms with Crippen LogP contribution in [0.2, 0.25) is 0 Å². The van der Waals surface area contributed by atoms with Gasteiger partial charge in [0.25, 0.3) is 11.8 Å². The van der Waals surface area contributed by atoms with Crippen molar-refractivity contribution in [3.05, 3.63) is 190 Å². The van der Waals surface area contributed by atoms with Crippen molar-refractivity contribution < 1.29 is 68.9 Å². The molecule has 0 aromatic heterocycles. The maximum absolute atomic E-state index is 14.2. The van der Waals surface area contributed by atoms with Gasteiger partial charge in [0.2, 0.25) is 11.8 Å². The standard InChI is InChI=1S/C73H83F7N8O8.3ClH/c1-83(35-13-36-85(3)67(91)52-21-27-59(28-22-52)81-34-12-11-20-65(89)84(2)42-43-86-37-29-60(30-38-86)96-69(93)82-63-19-10-8-17-61(63)51-14-5-4-6-15-51)66(90)48-94-64-46-53-16-7-9-18-62(53)70(64)31-39-87(40-32-70)41-33-71(55-23-25-58(74)26-24-55)49-88(50-95-71)68(92)54-44-56(72(75,76)77)47-57(45-54)73(78,79)80;;;/h4-10,14-19,21-28,44-45,47,60,64,81H,11-13,20,29-43,46,48-50H2,1-3H3,(H,82,93);3*1H/t64-,71-;;;/m0.../s1. The molecule has 3 heterocycles. The van der Waals surface area contributed by atoms with E-state index in [2.05, 4.69) is 32.6 Å². The lowest BCUT2D eigenvalue weighted by Crippen LogP contribution is -2.50. The molecule has 0 radical (unpaired) electrons. The summed E-state index contributed by atoms with van der Waals surface area (Å²) in [6.45, 7) is 5.20. The number of carbonyl (C=O) groups is 5. The number of amides is 5. The molecule has 0 saturated carbocycles. The number of unbranched alkanes of at least 4 members (excludes halogenated alkanes) is 1. The Labute approximate surface area is 592 Å². The van der Waals surface area contributed by atoms with Crippen LogP contribution in [0.25, 0.3) is 11.1 Å². The van der Waals surface area contributed by atoms with Gasteiger partial charge in [-0.05, 0) is 154 Å². The van der Waals surface area contributed by atoms with E-state index in [4.69, 9.17) is 14.2 Å². The summed E-state index contributed by atoms with van der Waals surface area (Å²) in [6.07, 6.45) is -5.13. The minimum Gasteiger partial charge on any atom is -0.446 e. The Kier molecular flexibility index (Phi) is 28.0. The van der Waals surface area contributed by atoms with Crippen molar-refractivity contribution in [3.8, 4) is 11.1 Å².